The van der Waals surface area contributed by atoms with E-state index in [9.17, 15) is 18.0 Å². The van der Waals surface area contributed by atoms with E-state index in [1.54, 1.807) is 19.1 Å². The Balaban J connectivity index is 0.000000276. The van der Waals surface area contributed by atoms with Crippen LogP contribution >= 0.6 is 11.8 Å². The summed E-state index contributed by atoms with van der Waals surface area (Å²) in [5, 5.41) is 10.1. The second-order valence-electron chi connectivity index (χ2n) is 11.7. The van der Waals surface area contributed by atoms with Crippen molar-refractivity contribution in [1.29, 1.82) is 0 Å². The average molecular weight is 683 g/mol. The normalized spacial score (nSPS) is 17.2. The highest BCUT2D eigenvalue weighted by molar-refractivity contribution is 8.12. The van der Waals surface area contributed by atoms with Gasteiger partial charge < -0.3 is 20.0 Å². The number of anilines is 1. The largest absolute Gasteiger partial charge is 0.493 e. The molecule has 0 saturated carbocycles. The number of benzene rings is 3. The average Bonchev–Trinajstić information content (AvgIpc) is 3.52. The first kappa shape index (κ1) is 38.1. The molecule has 2 unspecified atom stereocenters. The number of carboxylic acid groups (broad SMARTS) is 1. The number of likely N-dealkylation sites (tertiary alicyclic amines) is 1. The van der Waals surface area contributed by atoms with E-state index in [-0.39, 0.29) is 11.8 Å². The van der Waals surface area contributed by atoms with Crippen molar-refractivity contribution in [3.05, 3.63) is 88.0 Å². The maximum Gasteiger partial charge on any atom is 0.364 e. The van der Waals surface area contributed by atoms with Crippen LogP contribution in [0.1, 0.15) is 79.0 Å². The summed E-state index contributed by atoms with van der Waals surface area (Å²) < 4.78 is 29.9. The van der Waals surface area contributed by atoms with Crippen molar-refractivity contribution in [3.63, 3.8) is 0 Å². The maximum absolute atomic E-state index is 12.1. The molecule has 3 aromatic rings. The van der Waals surface area contributed by atoms with Gasteiger partial charge in [-0.1, -0.05) is 62.7 Å². The van der Waals surface area contributed by atoms with E-state index in [0.717, 1.165) is 74.6 Å². The maximum atomic E-state index is 12.1. The second kappa shape index (κ2) is 18.3. The number of carbonyl (C=O) groups excluding carboxylic acids is 1. The first-order chi connectivity index (χ1) is 22.5. The van der Waals surface area contributed by atoms with E-state index >= 15 is 0 Å². The molecule has 0 spiro atoms. The van der Waals surface area contributed by atoms with Crippen LogP contribution in [0.25, 0.3) is 0 Å². The highest BCUT2D eigenvalue weighted by Crippen LogP contribution is 2.41. The number of nitrogens with zero attached hydrogens (tertiary/aromatic N) is 1. The molecule has 2 aliphatic heterocycles. The Labute approximate surface area is 285 Å². The van der Waals surface area contributed by atoms with Gasteiger partial charge in [0.05, 0.1) is 23.8 Å². The van der Waals surface area contributed by atoms with E-state index < -0.39 is 15.1 Å². The Morgan fingerprint density at radius 3 is 2.19 bits per heavy atom. The van der Waals surface area contributed by atoms with Gasteiger partial charge >= 0.3 is 5.30 Å². The van der Waals surface area contributed by atoms with E-state index in [1.165, 1.54) is 39.8 Å². The minimum atomic E-state index is -3.21. The fourth-order valence-electron chi connectivity index (χ4n) is 6.31. The third-order valence-corrected chi connectivity index (χ3v) is 10.9. The van der Waals surface area contributed by atoms with E-state index in [2.05, 4.69) is 61.3 Å². The molecule has 2 aliphatic rings. The standard InChI is InChI=1S/C23H27NO4S.C12H19N.C2H4O2S/c1-2-29(26,27)21-8-5-17(6-9-21)22-15-20(16-24(22)11-12-25)18-7-10-23-19(14-18)4-3-13-28-23;1-5-10-7-9(3)8-11(6-2)12(10)13-4;1-5-2(3)4/h5-10,12,14,20,22H,2-4,11,13,15-16H2,1H3;7-8,13H,5-6H2,1-4H3;1H3,(H,3,4). The minimum Gasteiger partial charge on any atom is -0.493 e. The van der Waals surface area contributed by atoms with Crippen LogP contribution in [-0.2, 0) is 33.9 Å². The van der Waals surface area contributed by atoms with Crippen molar-refractivity contribution in [1.82, 2.24) is 4.90 Å². The van der Waals surface area contributed by atoms with Gasteiger partial charge in [-0.15, -0.1) is 0 Å². The lowest BCUT2D eigenvalue weighted by atomic mass is 9.91. The van der Waals surface area contributed by atoms with Crippen LogP contribution in [0.15, 0.2) is 59.5 Å². The van der Waals surface area contributed by atoms with Crippen molar-refractivity contribution in [2.75, 3.05) is 44.1 Å². The Kier molecular flexibility index (Phi) is 14.8. The molecule has 0 bridgehead atoms. The van der Waals surface area contributed by atoms with Gasteiger partial charge in [0, 0.05) is 25.3 Å². The molecule has 0 aromatic heterocycles. The highest BCUT2D eigenvalue weighted by atomic mass is 32.2. The van der Waals surface area contributed by atoms with Gasteiger partial charge in [-0.2, -0.15) is 0 Å². The summed E-state index contributed by atoms with van der Waals surface area (Å²) >= 11 is 0.796. The van der Waals surface area contributed by atoms with Gasteiger partial charge in [0.1, 0.15) is 12.0 Å². The third-order valence-electron chi connectivity index (χ3n) is 8.75. The number of ether oxygens (including phenoxy) is 1. The number of fused-ring (bicyclic) bond motifs is 1. The quantitative estimate of drug-likeness (QED) is 0.219. The number of hydrogen-bond donors (Lipinski definition) is 2. The second-order valence-corrected chi connectivity index (χ2v) is 14.8. The van der Waals surface area contributed by atoms with Crippen LogP contribution in [0, 0.1) is 6.92 Å². The number of carbonyl (C=O) groups is 2. The molecule has 5 rings (SSSR count). The molecular weight excluding hydrogens is 633 g/mol. The zero-order valence-electron chi connectivity index (χ0n) is 28.5. The molecule has 10 heteroatoms. The van der Waals surface area contributed by atoms with E-state index in [0.29, 0.717) is 17.4 Å². The van der Waals surface area contributed by atoms with Crippen molar-refractivity contribution >= 4 is 38.9 Å². The van der Waals surface area contributed by atoms with Crippen LogP contribution in [0.2, 0.25) is 0 Å². The Morgan fingerprint density at radius 2 is 1.66 bits per heavy atom. The lowest BCUT2D eigenvalue weighted by Crippen LogP contribution is -2.25. The van der Waals surface area contributed by atoms with E-state index in [4.69, 9.17) is 9.84 Å². The summed E-state index contributed by atoms with van der Waals surface area (Å²) in [6, 6.07) is 18.3. The smallest absolute Gasteiger partial charge is 0.364 e. The molecule has 2 atom stereocenters. The number of sulfone groups is 1. The molecule has 2 N–H and O–H groups in total. The van der Waals surface area contributed by atoms with Crippen LogP contribution in [0.5, 0.6) is 5.75 Å². The van der Waals surface area contributed by atoms with Gasteiger partial charge in [0.15, 0.2) is 9.84 Å². The van der Waals surface area contributed by atoms with Gasteiger partial charge in [-0.25, -0.2) is 13.2 Å². The van der Waals surface area contributed by atoms with Gasteiger partial charge in [0.2, 0.25) is 0 Å². The van der Waals surface area contributed by atoms with Gasteiger partial charge in [0.25, 0.3) is 0 Å². The molecular formula is C37H50N2O6S2. The van der Waals surface area contributed by atoms with Crippen LogP contribution in [-0.4, -0.2) is 68.8 Å². The molecule has 1 saturated heterocycles. The molecule has 0 amide bonds. The zero-order valence-corrected chi connectivity index (χ0v) is 30.2. The molecule has 256 valence electrons. The molecule has 47 heavy (non-hydrogen) atoms. The highest BCUT2D eigenvalue weighted by Gasteiger charge is 2.34. The topological polar surface area (TPSA) is 113 Å². The number of aryl methyl sites for hydroxylation is 4. The summed E-state index contributed by atoms with van der Waals surface area (Å²) in [6.45, 7) is 10.2. The summed E-state index contributed by atoms with van der Waals surface area (Å²) in [4.78, 5) is 23.1. The third kappa shape index (κ3) is 10.3. The zero-order chi connectivity index (χ0) is 34.6. The van der Waals surface area contributed by atoms with Gasteiger partial charge in [-0.05, 0) is 109 Å². The SMILES string of the molecule is CCS(=O)(=O)c1ccc(C2CC(c3ccc4c(c3)CCCO4)CN2CC=O)cc1.CCc1cc(C)cc(CC)c1NC.CSC(=O)O. The predicted molar refractivity (Wildman–Crippen MR) is 193 cm³/mol. The molecule has 3 aromatic carbocycles. The fraction of sp³-hybridized carbons (Fsp3) is 0.459. The number of aldehydes is 1. The van der Waals surface area contributed by atoms with Crippen molar-refractivity contribution in [2.45, 2.75) is 76.7 Å². The number of rotatable bonds is 9. The Morgan fingerprint density at radius 1 is 1.04 bits per heavy atom. The summed E-state index contributed by atoms with van der Waals surface area (Å²) in [7, 11) is -1.20. The Hall–Kier alpha value is -3.34. The molecule has 2 heterocycles. The Bertz CT molecular complexity index is 1570. The number of thioether (sulfide) groups is 1. The predicted octanol–water partition coefficient (Wildman–Crippen LogP) is 7.72. The lowest BCUT2D eigenvalue weighted by Gasteiger charge is -2.22. The van der Waals surface area contributed by atoms with Crippen LogP contribution in [0.3, 0.4) is 0 Å². The minimum absolute atomic E-state index is 0.0944. The van der Waals surface area contributed by atoms with Crippen molar-refractivity contribution in [2.24, 2.45) is 0 Å². The first-order valence-corrected chi connectivity index (χ1v) is 19.2. The van der Waals surface area contributed by atoms with Crippen LogP contribution < -0.4 is 10.1 Å². The number of hydrogen-bond acceptors (Lipinski definition) is 8. The lowest BCUT2D eigenvalue weighted by molar-refractivity contribution is -0.109. The molecule has 1 fully saturated rings. The van der Waals surface area contributed by atoms with Crippen LogP contribution in [0.4, 0.5) is 10.5 Å². The van der Waals surface area contributed by atoms with Gasteiger partial charge in [-0.3, -0.25) is 4.90 Å². The molecule has 8 nitrogen and oxygen atoms in total. The molecule has 0 radical (unpaired) electrons. The van der Waals surface area contributed by atoms with Crippen molar-refractivity contribution in [3.8, 4) is 5.75 Å². The summed E-state index contributed by atoms with van der Waals surface area (Å²) in [5.41, 5.74) is 9.18. The summed E-state index contributed by atoms with van der Waals surface area (Å²) in [6.07, 6.45) is 7.68. The number of nitrogens with one attached hydrogen (secondary N) is 1. The monoisotopic (exact) mass is 682 g/mol. The summed E-state index contributed by atoms with van der Waals surface area (Å²) in [5.74, 6) is 1.43. The first-order valence-electron chi connectivity index (χ1n) is 16.3. The van der Waals surface area contributed by atoms with E-state index in [1.807, 2.05) is 19.2 Å². The van der Waals surface area contributed by atoms with Crippen molar-refractivity contribution < 1.29 is 27.9 Å². The fourth-order valence-corrected chi connectivity index (χ4v) is 7.19. The molecule has 0 aliphatic carbocycles.